The number of aromatic nitrogens is 1. The van der Waals surface area contributed by atoms with Gasteiger partial charge in [0.05, 0.1) is 23.5 Å². The van der Waals surface area contributed by atoms with E-state index in [-0.39, 0.29) is 0 Å². The molecular weight excluding hydrogens is 320 g/mol. The van der Waals surface area contributed by atoms with Gasteiger partial charge in [-0.15, -0.1) is 0 Å². The third-order valence-electron chi connectivity index (χ3n) is 4.53. The highest BCUT2D eigenvalue weighted by molar-refractivity contribution is 6.32. The number of para-hydroxylation sites is 1. The highest BCUT2D eigenvalue weighted by Crippen LogP contribution is 2.34. The minimum absolute atomic E-state index is 0.768. The molecule has 1 aliphatic rings. The Bertz CT molecular complexity index is 868. The Hall–Kier alpha value is -2.23. The fourth-order valence-corrected chi connectivity index (χ4v) is 3.56. The SMILES string of the molecule is COc1ccc(-c2cc3c(n2-c2ccccc2Cl)CCNC3)cc1. The first-order valence-corrected chi connectivity index (χ1v) is 8.49. The van der Waals surface area contributed by atoms with Gasteiger partial charge in [0, 0.05) is 25.2 Å². The number of nitrogens with one attached hydrogen (secondary N) is 1. The maximum Gasteiger partial charge on any atom is 0.118 e. The number of rotatable bonds is 3. The lowest BCUT2D eigenvalue weighted by atomic mass is 10.1. The molecule has 0 atom stereocenters. The predicted octanol–water partition coefficient (Wildman–Crippen LogP) is 4.45. The Kier molecular flexibility index (Phi) is 4.05. The molecule has 4 rings (SSSR count). The molecule has 2 heterocycles. The van der Waals surface area contributed by atoms with Crippen molar-refractivity contribution in [1.29, 1.82) is 0 Å². The van der Waals surface area contributed by atoms with Gasteiger partial charge >= 0.3 is 0 Å². The first kappa shape index (κ1) is 15.3. The van der Waals surface area contributed by atoms with Crippen molar-refractivity contribution in [3.8, 4) is 22.7 Å². The predicted molar refractivity (Wildman–Crippen MR) is 98.2 cm³/mol. The van der Waals surface area contributed by atoms with Crippen LogP contribution in [-0.4, -0.2) is 18.2 Å². The van der Waals surface area contributed by atoms with Gasteiger partial charge in [-0.2, -0.15) is 0 Å². The number of methoxy groups -OCH3 is 1. The van der Waals surface area contributed by atoms with Crippen LogP contribution in [0.3, 0.4) is 0 Å². The molecule has 0 saturated heterocycles. The molecule has 24 heavy (non-hydrogen) atoms. The zero-order chi connectivity index (χ0) is 16.5. The highest BCUT2D eigenvalue weighted by atomic mass is 35.5. The zero-order valence-electron chi connectivity index (χ0n) is 13.6. The molecule has 0 saturated carbocycles. The second-order valence-corrected chi connectivity index (χ2v) is 6.35. The highest BCUT2D eigenvalue weighted by Gasteiger charge is 2.21. The summed E-state index contributed by atoms with van der Waals surface area (Å²) < 4.78 is 7.59. The van der Waals surface area contributed by atoms with Gasteiger partial charge in [-0.25, -0.2) is 0 Å². The molecule has 3 nitrogen and oxygen atoms in total. The summed E-state index contributed by atoms with van der Waals surface area (Å²) in [4.78, 5) is 0. The second-order valence-electron chi connectivity index (χ2n) is 5.94. The minimum Gasteiger partial charge on any atom is -0.497 e. The van der Waals surface area contributed by atoms with Crippen molar-refractivity contribution in [2.45, 2.75) is 13.0 Å². The fourth-order valence-electron chi connectivity index (χ4n) is 3.34. The summed E-state index contributed by atoms with van der Waals surface area (Å²) >= 11 is 6.51. The van der Waals surface area contributed by atoms with Crippen LogP contribution in [0.4, 0.5) is 0 Å². The van der Waals surface area contributed by atoms with Crippen molar-refractivity contribution in [2.24, 2.45) is 0 Å². The lowest BCUT2D eigenvalue weighted by molar-refractivity contribution is 0.415. The van der Waals surface area contributed by atoms with Gasteiger partial charge in [0.2, 0.25) is 0 Å². The molecule has 0 radical (unpaired) electrons. The van der Waals surface area contributed by atoms with Crippen LogP contribution < -0.4 is 10.1 Å². The number of ether oxygens (including phenoxy) is 1. The lowest BCUT2D eigenvalue weighted by Gasteiger charge is -2.19. The van der Waals surface area contributed by atoms with Crippen LogP contribution >= 0.6 is 11.6 Å². The van der Waals surface area contributed by atoms with Crippen molar-refractivity contribution in [2.75, 3.05) is 13.7 Å². The normalized spacial score (nSPS) is 13.6. The van der Waals surface area contributed by atoms with Crippen LogP contribution in [0.5, 0.6) is 5.75 Å². The zero-order valence-corrected chi connectivity index (χ0v) is 14.3. The Labute approximate surface area is 146 Å². The Balaban J connectivity index is 1.93. The van der Waals surface area contributed by atoms with E-state index in [1.807, 2.05) is 30.3 Å². The van der Waals surface area contributed by atoms with E-state index in [9.17, 15) is 0 Å². The molecule has 0 amide bonds. The molecule has 2 aromatic carbocycles. The maximum absolute atomic E-state index is 6.51. The lowest BCUT2D eigenvalue weighted by Crippen LogP contribution is -2.24. The topological polar surface area (TPSA) is 26.2 Å². The van der Waals surface area contributed by atoms with Gasteiger partial charge in [0.25, 0.3) is 0 Å². The molecule has 3 aromatic rings. The molecule has 1 aromatic heterocycles. The summed E-state index contributed by atoms with van der Waals surface area (Å²) in [5, 5.41) is 4.22. The fraction of sp³-hybridized carbons (Fsp3) is 0.200. The van der Waals surface area contributed by atoms with Gasteiger partial charge in [-0.1, -0.05) is 23.7 Å². The summed E-state index contributed by atoms with van der Waals surface area (Å²) in [7, 11) is 1.69. The van der Waals surface area contributed by atoms with E-state index < -0.39 is 0 Å². The van der Waals surface area contributed by atoms with Crippen molar-refractivity contribution in [1.82, 2.24) is 9.88 Å². The molecule has 122 valence electrons. The van der Waals surface area contributed by atoms with Crippen LogP contribution in [0.25, 0.3) is 16.9 Å². The van der Waals surface area contributed by atoms with E-state index >= 15 is 0 Å². The van der Waals surface area contributed by atoms with Gasteiger partial charge in [0.15, 0.2) is 0 Å². The minimum atomic E-state index is 0.768. The van der Waals surface area contributed by atoms with Crippen LogP contribution in [0.15, 0.2) is 54.6 Å². The third-order valence-corrected chi connectivity index (χ3v) is 4.85. The second kappa shape index (κ2) is 6.34. The third kappa shape index (κ3) is 2.60. The smallest absolute Gasteiger partial charge is 0.118 e. The van der Waals surface area contributed by atoms with Crippen LogP contribution in [0.2, 0.25) is 5.02 Å². The van der Waals surface area contributed by atoms with Gasteiger partial charge < -0.3 is 14.6 Å². The quantitative estimate of drug-likeness (QED) is 0.763. The molecule has 0 spiro atoms. The number of fused-ring (bicyclic) bond motifs is 1. The van der Waals surface area contributed by atoms with E-state index in [4.69, 9.17) is 16.3 Å². The summed E-state index contributed by atoms with van der Waals surface area (Å²) in [6.07, 6.45) is 0.997. The molecular formula is C20H19ClN2O. The van der Waals surface area contributed by atoms with Crippen molar-refractivity contribution >= 4 is 11.6 Å². The maximum atomic E-state index is 6.51. The molecule has 1 aliphatic heterocycles. The summed E-state index contributed by atoms with van der Waals surface area (Å²) in [5.41, 5.74) is 6.04. The first-order chi connectivity index (χ1) is 11.8. The van der Waals surface area contributed by atoms with Crippen molar-refractivity contribution in [3.05, 3.63) is 70.9 Å². The van der Waals surface area contributed by atoms with Gasteiger partial charge in [-0.05, 0) is 53.6 Å². The molecule has 0 bridgehead atoms. The number of benzene rings is 2. The Morgan fingerprint density at radius 2 is 1.88 bits per heavy atom. The first-order valence-electron chi connectivity index (χ1n) is 8.11. The average Bonchev–Trinajstić information content (AvgIpc) is 3.01. The Morgan fingerprint density at radius 1 is 1.08 bits per heavy atom. The molecule has 0 fully saturated rings. The number of hydrogen-bond donors (Lipinski definition) is 1. The van der Waals surface area contributed by atoms with E-state index in [1.165, 1.54) is 17.0 Å². The number of halogens is 1. The number of nitrogens with zero attached hydrogens (tertiary/aromatic N) is 1. The van der Waals surface area contributed by atoms with Crippen molar-refractivity contribution in [3.63, 3.8) is 0 Å². The van der Waals surface area contributed by atoms with Crippen LogP contribution in [0.1, 0.15) is 11.3 Å². The van der Waals surface area contributed by atoms with E-state index in [0.29, 0.717) is 0 Å². The van der Waals surface area contributed by atoms with Gasteiger partial charge in [0.1, 0.15) is 5.75 Å². The van der Waals surface area contributed by atoms with E-state index in [1.54, 1.807) is 7.11 Å². The monoisotopic (exact) mass is 338 g/mol. The van der Waals surface area contributed by atoms with E-state index in [2.05, 4.69) is 34.1 Å². The van der Waals surface area contributed by atoms with Crippen LogP contribution in [0, 0.1) is 0 Å². The molecule has 0 unspecified atom stereocenters. The standard InChI is InChI=1S/C20H19ClN2O/c1-24-16-8-6-14(7-9-16)20-12-15-13-22-11-10-18(15)23(20)19-5-3-2-4-17(19)21/h2-9,12,22H,10-11,13H2,1H3. The number of hydrogen-bond acceptors (Lipinski definition) is 2. The summed E-state index contributed by atoms with van der Waals surface area (Å²) in [5.74, 6) is 0.862. The Morgan fingerprint density at radius 3 is 2.62 bits per heavy atom. The van der Waals surface area contributed by atoms with Crippen LogP contribution in [-0.2, 0) is 13.0 Å². The summed E-state index contributed by atoms with van der Waals surface area (Å²) in [6.45, 7) is 1.89. The average molecular weight is 339 g/mol. The molecule has 0 aliphatic carbocycles. The summed E-state index contributed by atoms with van der Waals surface area (Å²) in [6, 6.07) is 18.5. The van der Waals surface area contributed by atoms with Gasteiger partial charge in [-0.3, -0.25) is 0 Å². The van der Waals surface area contributed by atoms with E-state index in [0.717, 1.165) is 41.5 Å². The van der Waals surface area contributed by atoms with Crippen molar-refractivity contribution < 1.29 is 4.74 Å². The molecule has 4 heteroatoms. The molecule has 1 N–H and O–H groups in total. The largest absolute Gasteiger partial charge is 0.497 e.